The van der Waals surface area contributed by atoms with E-state index in [-0.39, 0.29) is 12.5 Å². The highest BCUT2D eigenvalue weighted by Crippen LogP contribution is 2.23. The summed E-state index contributed by atoms with van der Waals surface area (Å²) in [7, 11) is 0. The molecule has 0 atom stereocenters. The Labute approximate surface area is 176 Å². The fraction of sp³-hybridized carbons (Fsp3) is 0.292. The SMILES string of the molecule is CCN(CC)C(=O)Cn1cc(C(=O)C(=O)Nc2cc(C)cc(C)c2)c2ccccc21. The molecule has 0 saturated carbocycles. The first kappa shape index (κ1) is 21.3. The molecule has 0 saturated heterocycles. The van der Waals surface area contributed by atoms with Gasteiger partial charge in [-0.05, 0) is 57.0 Å². The monoisotopic (exact) mass is 405 g/mol. The Kier molecular flexibility index (Phi) is 6.35. The van der Waals surface area contributed by atoms with Crippen molar-refractivity contribution in [3.8, 4) is 0 Å². The summed E-state index contributed by atoms with van der Waals surface area (Å²) in [5.74, 6) is -1.35. The van der Waals surface area contributed by atoms with Gasteiger partial charge in [-0.3, -0.25) is 14.4 Å². The molecule has 1 heterocycles. The number of carbonyl (C=O) groups excluding carboxylic acids is 3. The number of benzene rings is 2. The Morgan fingerprint density at radius 3 is 2.23 bits per heavy atom. The first-order valence-electron chi connectivity index (χ1n) is 10.1. The molecule has 0 bridgehead atoms. The molecule has 0 spiro atoms. The Morgan fingerprint density at radius 2 is 1.60 bits per heavy atom. The van der Waals surface area contributed by atoms with E-state index in [4.69, 9.17) is 0 Å². The van der Waals surface area contributed by atoms with Crippen LogP contribution in [-0.4, -0.2) is 40.2 Å². The third-order valence-corrected chi connectivity index (χ3v) is 5.14. The molecule has 0 radical (unpaired) electrons. The predicted molar refractivity (Wildman–Crippen MR) is 119 cm³/mol. The largest absolute Gasteiger partial charge is 0.342 e. The van der Waals surface area contributed by atoms with Crippen LogP contribution in [0.5, 0.6) is 0 Å². The number of nitrogens with zero attached hydrogens (tertiary/aromatic N) is 2. The second kappa shape index (κ2) is 8.95. The van der Waals surface area contributed by atoms with E-state index in [1.54, 1.807) is 21.7 Å². The van der Waals surface area contributed by atoms with Gasteiger partial charge in [0.05, 0.1) is 5.56 Å². The van der Waals surface area contributed by atoms with Crippen LogP contribution >= 0.6 is 0 Å². The molecule has 6 nitrogen and oxygen atoms in total. The standard InChI is InChI=1S/C24H27N3O3/c1-5-26(6-2)22(28)15-27-14-20(19-9-7-8-10-21(19)27)23(29)24(30)25-18-12-16(3)11-17(4)13-18/h7-14H,5-6,15H2,1-4H3,(H,25,30). The average molecular weight is 405 g/mol. The van der Waals surface area contributed by atoms with E-state index < -0.39 is 11.7 Å². The van der Waals surface area contributed by atoms with Crippen LogP contribution in [0, 0.1) is 13.8 Å². The van der Waals surface area contributed by atoms with Gasteiger partial charge in [-0.2, -0.15) is 0 Å². The Balaban J connectivity index is 1.90. The summed E-state index contributed by atoms with van der Waals surface area (Å²) < 4.78 is 1.74. The van der Waals surface area contributed by atoms with Gasteiger partial charge in [-0.1, -0.05) is 24.3 Å². The van der Waals surface area contributed by atoms with Crippen molar-refractivity contribution in [2.24, 2.45) is 0 Å². The van der Waals surface area contributed by atoms with E-state index in [1.165, 1.54) is 0 Å². The fourth-order valence-electron chi connectivity index (χ4n) is 3.74. The van der Waals surface area contributed by atoms with Crippen molar-refractivity contribution in [1.29, 1.82) is 0 Å². The number of ketones is 1. The topological polar surface area (TPSA) is 71.4 Å². The normalized spacial score (nSPS) is 10.8. The number of nitrogens with one attached hydrogen (secondary N) is 1. The maximum absolute atomic E-state index is 13.0. The lowest BCUT2D eigenvalue weighted by Gasteiger charge is -2.19. The van der Waals surface area contributed by atoms with Crippen molar-refractivity contribution in [1.82, 2.24) is 9.47 Å². The predicted octanol–water partition coefficient (Wildman–Crippen LogP) is 3.95. The van der Waals surface area contributed by atoms with Crippen molar-refractivity contribution in [2.75, 3.05) is 18.4 Å². The minimum absolute atomic E-state index is 0.0283. The zero-order chi connectivity index (χ0) is 21.8. The van der Waals surface area contributed by atoms with Crippen LogP contribution in [0.25, 0.3) is 10.9 Å². The lowest BCUT2D eigenvalue weighted by molar-refractivity contribution is -0.131. The molecule has 0 unspecified atom stereocenters. The number of carbonyl (C=O) groups is 3. The Hall–Kier alpha value is -3.41. The summed E-state index contributed by atoms with van der Waals surface area (Å²) in [6, 6.07) is 13.0. The number of rotatable bonds is 7. The lowest BCUT2D eigenvalue weighted by Crippen LogP contribution is -2.33. The summed E-state index contributed by atoms with van der Waals surface area (Å²) in [6.45, 7) is 9.10. The smallest absolute Gasteiger partial charge is 0.296 e. The van der Waals surface area contributed by atoms with Crippen molar-refractivity contribution in [2.45, 2.75) is 34.2 Å². The van der Waals surface area contributed by atoms with Gasteiger partial charge in [0.25, 0.3) is 11.7 Å². The molecule has 30 heavy (non-hydrogen) atoms. The van der Waals surface area contributed by atoms with Crippen molar-refractivity contribution in [3.63, 3.8) is 0 Å². The van der Waals surface area contributed by atoms with E-state index in [0.29, 0.717) is 29.7 Å². The van der Waals surface area contributed by atoms with Gasteiger partial charge < -0.3 is 14.8 Å². The molecule has 1 N–H and O–H groups in total. The summed E-state index contributed by atoms with van der Waals surface area (Å²) in [5.41, 5.74) is 3.64. The third-order valence-electron chi connectivity index (χ3n) is 5.14. The zero-order valence-electron chi connectivity index (χ0n) is 17.9. The van der Waals surface area contributed by atoms with Crippen LogP contribution in [0.3, 0.4) is 0 Å². The highest BCUT2D eigenvalue weighted by molar-refractivity contribution is 6.48. The Morgan fingerprint density at radius 1 is 0.967 bits per heavy atom. The van der Waals surface area contributed by atoms with Crippen LogP contribution in [0.2, 0.25) is 0 Å². The van der Waals surface area contributed by atoms with E-state index in [9.17, 15) is 14.4 Å². The molecule has 0 fully saturated rings. The number of aromatic nitrogens is 1. The molecule has 6 heteroatoms. The van der Waals surface area contributed by atoms with Crippen LogP contribution in [-0.2, 0) is 16.1 Å². The van der Waals surface area contributed by atoms with Crippen LogP contribution < -0.4 is 5.32 Å². The number of fused-ring (bicyclic) bond motifs is 1. The van der Waals surface area contributed by atoms with Crippen molar-refractivity contribution >= 4 is 34.2 Å². The molecule has 3 rings (SSSR count). The van der Waals surface area contributed by atoms with Crippen molar-refractivity contribution < 1.29 is 14.4 Å². The number of anilines is 1. The van der Waals surface area contributed by atoms with Gasteiger partial charge in [-0.25, -0.2) is 0 Å². The summed E-state index contributed by atoms with van der Waals surface area (Å²) in [6.07, 6.45) is 1.61. The molecule has 2 amide bonds. The lowest BCUT2D eigenvalue weighted by atomic mass is 10.1. The van der Waals surface area contributed by atoms with Crippen LogP contribution in [0.4, 0.5) is 5.69 Å². The van der Waals surface area contributed by atoms with Crippen LogP contribution in [0.15, 0.2) is 48.7 Å². The molecule has 0 aliphatic heterocycles. The summed E-state index contributed by atoms with van der Waals surface area (Å²) in [4.78, 5) is 39.9. The molecule has 1 aromatic heterocycles. The van der Waals surface area contributed by atoms with E-state index >= 15 is 0 Å². The highest BCUT2D eigenvalue weighted by atomic mass is 16.2. The quantitative estimate of drug-likeness (QED) is 0.478. The van der Waals surface area contributed by atoms with Gasteiger partial charge >= 0.3 is 0 Å². The van der Waals surface area contributed by atoms with Crippen LogP contribution in [0.1, 0.15) is 35.3 Å². The molecular formula is C24H27N3O3. The zero-order valence-corrected chi connectivity index (χ0v) is 17.9. The maximum atomic E-state index is 13.0. The summed E-state index contributed by atoms with van der Waals surface area (Å²) in [5, 5.41) is 3.36. The van der Waals surface area contributed by atoms with Gasteiger partial charge in [0, 0.05) is 35.9 Å². The number of amides is 2. The van der Waals surface area contributed by atoms with E-state index in [2.05, 4.69) is 5.32 Å². The molecule has 3 aromatic rings. The maximum Gasteiger partial charge on any atom is 0.296 e. The molecule has 0 aliphatic carbocycles. The molecular weight excluding hydrogens is 378 g/mol. The number of Topliss-reactive ketones (excluding diaryl/α,β-unsaturated/α-hetero) is 1. The fourth-order valence-corrected chi connectivity index (χ4v) is 3.74. The molecule has 2 aromatic carbocycles. The first-order valence-corrected chi connectivity index (χ1v) is 10.1. The molecule has 0 aliphatic rings. The number of hydrogen-bond acceptors (Lipinski definition) is 3. The minimum atomic E-state index is -0.696. The second-order valence-corrected chi connectivity index (χ2v) is 7.41. The summed E-state index contributed by atoms with van der Waals surface area (Å²) >= 11 is 0. The number of aryl methyl sites for hydroxylation is 2. The molecule has 156 valence electrons. The van der Waals surface area contributed by atoms with Crippen molar-refractivity contribution in [3.05, 3.63) is 65.4 Å². The highest BCUT2D eigenvalue weighted by Gasteiger charge is 2.23. The van der Waals surface area contributed by atoms with Gasteiger partial charge in [0.15, 0.2) is 0 Å². The Bertz CT molecular complexity index is 1090. The van der Waals surface area contributed by atoms with Gasteiger partial charge in [-0.15, -0.1) is 0 Å². The third kappa shape index (κ3) is 4.43. The van der Waals surface area contributed by atoms with E-state index in [1.807, 2.05) is 64.1 Å². The minimum Gasteiger partial charge on any atom is -0.342 e. The second-order valence-electron chi connectivity index (χ2n) is 7.41. The van der Waals surface area contributed by atoms with E-state index in [0.717, 1.165) is 16.6 Å². The van der Waals surface area contributed by atoms with Gasteiger partial charge in [0.1, 0.15) is 6.54 Å². The number of hydrogen-bond donors (Lipinski definition) is 1. The average Bonchev–Trinajstić information content (AvgIpc) is 3.06. The van der Waals surface area contributed by atoms with Gasteiger partial charge in [0.2, 0.25) is 5.91 Å². The number of para-hydroxylation sites is 1. The number of likely N-dealkylation sites (N-methyl/N-ethyl adjacent to an activating group) is 1. The first-order chi connectivity index (χ1) is 14.3.